The molecule has 0 amide bonds. The van der Waals surface area contributed by atoms with Crippen LogP contribution in [0.2, 0.25) is 5.02 Å². The minimum Gasteiger partial charge on any atom is -0.399 e. The number of sulfonamides is 1. The number of benzene rings is 1. The van der Waals surface area contributed by atoms with Gasteiger partial charge in [-0.25, -0.2) is 17.5 Å². The average molecular weight is 333 g/mol. The van der Waals surface area contributed by atoms with Crippen molar-refractivity contribution >= 4 is 27.3 Å². The summed E-state index contributed by atoms with van der Waals surface area (Å²) in [6.07, 6.45) is 4.67. The summed E-state index contributed by atoms with van der Waals surface area (Å²) >= 11 is 5.66. The van der Waals surface area contributed by atoms with Crippen LogP contribution in [0.15, 0.2) is 17.0 Å². The zero-order chi connectivity index (χ0) is 15.2. The van der Waals surface area contributed by atoms with Crippen molar-refractivity contribution in [2.75, 3.05) is 12.3 Å². The van der Waals surface area contributed by atoms with Crippen molar-refractivity contribution in [3.8, 4) is 0 Å². The van der Waals surface area contributed by atoms with Gasteiger partial charge in [0.05, 0.1) is 5.02 Å². The van der Waals surface area contributed by atoms with E-state index in [1.165, 1.54) is 31.7 Å². The van der Waals surface area contributed by atoms with Crippen molar-refractivity contribution < 1.29 is 12.8 Å². The zero-order valence-electron chi connectivity index (χ0n) is 11.5. The van der Waals surface area contributed by atoms with Crippen LogP contribution in [0.4, 0.5) is 10.1 Å². The summed E-state index contributed by atoms with van der Waals surface area (Å²) in [4.78, 5) is -0.474. The second-order valence-electron chi connectivity index (χ2n) is 6.01. The van der Waals surface area contributed by atoms with Crippen molar-refractivity contribution in [2.24, 2.45) is 17.8 Å². The van der Waals surface area contributed by atoms with Gasteiger partial charge in [-0.3, -0.25) is 0 Å². The molecule has 2 saturated carbocycles. The Balaban J connectivity index is 1.77. The van der Waals surface area contributed by atoms with E-state index in [1.807, 2.05) is 0 Å². The van der Waals surface area contributed by atoms with Gasteiger partial charge in [-0.2, -0.15) is 0 Å². The van der Waals surface area contributed by atoms with Crippen LogP contribution >= 0.6 is 11.6 Å². The Kier molecular flexibility index (Phi) is 3.88. The minimum atomic E-state index is -3.93. The molecule has 3 N–H and O–H groups in total. The Morgan fingerprint density at radius 1 is 1.29 bits per heavy atom. The van der Waals surface area contributed by atoms with Crippen molar-refractivity contribution in [2.45, 2.75) is 30.6 Å². The number of halogens is 2. The molecule has 0 aromatic heterocycles. The molecule has 1 aromatic rings. The molecule has 1 aromatic carbocycles. The van der Waals surface area contributed by atoms with Crippen molar-refractivity contribution in [1.29, 1.82) is 0 Å². The summed E-state index contributed by atoms with van der Waals surface area (Å²) in [7, 11) is -3.93. The Morgan fingerprint density at radius 3 is 2.38 bits per heavy atom. The van der Waals surface area contributed by atoms with Gasteiger partial charge in [0.25, 0.3) is 0 Å². The van der Waals surface area contributed by atoms with E-state index in [9.17, 15) is 12.8 Å². The average Bonchev–Trinajstić information content (AvgIpc) is 3.25. The van der Waals surface area contributed by atoms with E-state index in [-0.39, 0.29) is 10.7 Å². The monoisotopic (exact) mass is 332 g/mol. The molecule has 7 heteroatoms. The first-order chi connectivity index (χ1) is 9.88. The van der Waals surface area contributed by atoms with E-state index in [0.29, 0.717) is 24.3 Å². The van der Waals surface area contributed by atoms with Gasteiger partial charge >= 0.3 is 0 Å². The van der Waals surface area contributed by atoms with E-state index in [4.69, 9.17) is 17.3 Å². The second-order valence-corrected chi connectivity index (χ2v) is 8.15. The fraction of sp³-hybridized carbons (Fsp3) is 0.571. The maximum absolute atomic E-state index is 13.9. The lowest BCUT2D eigenvalue weighted by Gasteiger charge is -2.17. The Hall–Kier alpha value is -0.850. The molecule has 116 valence electrons. The number of nitrogens with two attached hydrogens (primary N) is 1. The normalized spacial score (nSPS) is 19.2. The first kappa shape index (κ1) is 15.1. The van der Waals surface area contributed by atoms with Crippen LogP contribution in [0.1, 0.15) is 25.7 Å². The van der Waals surface area contributed by atoms with Gasteiger partial charge in [0.1, 0.15) is 4.90 Å². The van der Waals surface area contributed by atoms with Crippen LogP contribution in [-0.4, -0.2) is 15.0 Å². The van der Waals surface area contributed by atoms with Crippen LogP contribution in [0.3, 0.4) is 0 Å². The maximum atomic E-state index is 13.9. The third-order valence-corrected chi connectivity index (χ3v) is 5.97. The highest BCUT2D eigenvalue weighted by Gasteiger charge is 2.41. The Labute approximate surface area is 128 Å². The largest absolute Gasteiger partial charge is 0.399 e. The van der Waals surface area contributed by atoms with Gasteiger partial charge in [-0.15, -0.1) is 0 Å². The van der Waals surface area contributed by atoms with E-state index in [0.717, 1.165) is 6.07 Å². The van der Waals surface area contributed by atoms with E-state index in [1.54, 1.807) is 0 Å². The van der Waals surface area contributed by atoms with Gasteiger partial charge in [0.2, 0.25) is 10.0 Å². The van der Waals surface area contributed by atoms with Gasteiger partial charge in [0, 0.05) is 12.2 Å². The summed E-state index contributed by atoms with van der Waals surface area (Å²) in [5.74, 6) is 0.663. The molecule has 0 atom stereocenters. The number of nitrogen functional groups attached to an aromatic ring is 1. The quantitative estimate of drug-likeness (QED) is 0.787. The molecular formula is C14H18ClFN2O2S. The highest BCUT2D eigenvalue weighted by atomic mass is 35.5. The standard InChI is InChI=1S/C14H18ClFN2O2S/c15-12-5-10(17)6-13(14(12)16)21(19,20)18-7-11(8-1-2-8)9-3-4-9/h5-6,8-9,11,18H,1-4,7,17H2. The van der Waals surface area contributed by atoms with Crippen LogP contribution in [-0.2, 0) is 10.0 Å². The highest BCUT2D eigenvalue weighted by Crippen LogP contribution is 2.48. The molecule has 0 saturated heterocycles. The zero-order valence-corrected chi connectivity index (χ0v) is 13.1. The fourth-order valence-electron chi connectivity index (χ4n) is 2.83. The molecule has 3 rings (SSSR count). The van der Waals surface area contributed by atoms with Gasteiger partial charge in [-0.05, 0) is 55.6 Å². The van der Waals surface area contributed by atoms with Gasteiger partial charge in [0.15, 0.2) is 5.82 Å². The van der Waals surface area contributed by atoms with Crippen molar-refractivity contribution in [1.82, 2.24) is 4.72 Å². The minimum absolute atomic E-state index is 0.128. The number of rotatable bonds is 6. The van der Waals surface area contributed by atoms with Gasteiger partial charge < -0.3 is 5.73 Å². The number of anilines is 1. The summed E-state index contributed by atoms with van der Waals surface area (Å²) in [6, 6.07) is 2.31. The summed E-state index contributed by atoms with van der Waals surface area (Å²) < 4.78 is 41.0. The van der Waals surface area contributed by atoms with Crippen LogP contribution < -0.4 is 10.5 Å². The smallest absolute Gasteiger partial charge is 0.243 e. The molecular weight excluding hydrogens is 315 g/mol. The van der Waals surface area contributed by atoms with Gasteiger partial charge in [-0.1, -0.05) is 11.6 Å². The molecule has 2 aliphatic rings. The predicted molar refractivity (Wildman–Crippen MR) is 79.9 cm³/mol. The van der Waals surface area contributed by atoms with E-state index < -0.39 is 20.7 Å². The number of nitrogens with one attached hydrogen (secondary N) is 1. The lowest BCUT2D eigenvalue weighted by atomic mass is 9.99. The molecule has 0 spiro atoms. The molecule has 21 heavy (non-hydrogen) atoms. The predicted octanol–water partition coefficient (Wildman–Crippen LogP) is 2.78. The number of hydrogen-bond acceptors (Lipinski definition) is 3. The van der Waals surface area contributed by atoms with Crippen molar-refractivity contribution in [3.05, 3.63) is 23.0 Å². The van der Waals surface area contributed by atoms with E-state index in [2.05, 4.69) is 4.72 Å². The fourth-order valence-corrected chi connectivity index (χ4v) is 4.32. The molecule has 2 aliphatic carbocycles. The lowest BCUT2D eigenvalue weighted by Crippen LogP contribution is -2.31. The second kappa shape index (κ2) is 5.41. The highest BCUT2D eigenvalue weighted by molar-refractivity contribution is 7.89. The molecule has 2 fully saturated rings. The SMILES string of the molecule is Nc1cc(Cl)c(F)c(S(=O)(=O)NCC(C2CC2)C2CC2)c1. The van der Waals surface area contributed by atoms with Crippen LogP contribution in [0, 0.1) is 23.6 Å². The number of hydrogen-bond donors (Lipinski definition) is 2. The molecule has 0 heterocycles. The maximum Gasteiger partial charge on any atom is 0.243 e. The first-order valence-electron chi connectivity index (χ1n) is 7.12. The molecule has 0 bridgehead atoms. The third-order valence-electron chi connectivity index (χ3n) is 4.27. The van der Waals surface area contributed by atoms with Crippen LogP contribution in [0.5, 0.6) is 0 Å². The topological polar surface area (TPSA) is 72.2 Å². The lowest BCUT2D eigenvalue weighted by molar-refractivity contribution is 0.401. The van der Waals surface area contributed by atoms with Crippen LogP contribution in [0.25, 0.3) is 0 Å². The Bertz CT molecular complexity index is 645. The first-order valence-corrected chi connectivity index (χ1v) is 8.99. The summed E-state index contributed by atoms with van der Waals surface area (Å²) in [5.41, 5.74) is 5.68. The summed E-state index contributed by atoms with van der Waals surface area (Å²) in [6.45, 7) is 0.365. The molecule has 0 aliphatic heterocycles. The summed E-state index contributed by atoms with van der Waals surface area (Å²) in [5, 5.41) is -0.281. The molecule has 4 nitrogen and oxygen atoms in total. The van der Waals surface area contributed by atoms with Crippen molar-refractivity contribution in [3.63, 3.8) is 0 Å². The molecule has 0 unspecified atom stereocenters. The van der Waals surface area contributed by atoms with E-state index >= 15 is 0 Å². The molecule has 0 radical (unpaired) electrons. The third kappa shape index (κ3) is 3.33. The Morgan fingerprint density at radius 2 is 1.86 bits per heavy atom.